The Morgan fingerprint density at radius 3 is 2.24 bits per heavy atom. The second-order valence-electron chi connectivity index (χ2n) is 8.47. The molecule has 1 atom stereocenters. The fourth-order valence-electron chi connectivity index (χ4n) is 4.78. The van der Waals surface area contributed by atoms with Gasteiger partial charge in [-0.05, 0) is 49.4 Å². The molecule has 0 saturated heterocycles. The highest BCUT2D eigenvalue weighted by Gasteiger charge is 2.53. The molecule has 0 bridgehead atoms. The van der Waals surface area contributed by atoms with E-state index in [1.165, 1.54) is 5.56 Å². The number of hydrogen-bond donors (Lipinski definition) is 1. The third kappa shape index (κ3) is 2.75. The van der Waals surface area contributed by atoms with Crippen molar-refractivity contribution >= 4 is 17.3 Å². The minimum absolute atomic E-state index is 0.0814. The molecule has 0 aliphatic carbocycles. The molecule has 2 aliphatic heterocycles. The smallest absolute Gasteiger partial charge is 0.340 e. The van der Waals surface area contributed by atoms with Crippen LogP contribution in [0.5, 0.6) is 17.2 Å². The fourth-order valence-corrected chi connectivity index (χ4v) is 4.78. The summed E-state index contributed by atoms with van der Waals surface area (Å²) >= 11 is 0. The van der Waals surface area contributed by atoms with Crippen LogP contribution in [0.3, 0.4) is 0 Å². The number of esters is 1. The number of carbonyl (C=O) groups excluding carboxylic acids is 1. The van der Waals surface area contributed by atoms with Gasteiger partial charge in [0, 0.05) is 47.2 Å². The minimum Gasteiger partial charge on any atom is -0.508 e. The van der Waals surface area contributed by atoms with Gasteiger partial charge in [0.25, 0.3) is 0 Å². The Morgan fingerprint density at radius 1 is 0.788 bits per heavy atom. The van der Waals surface area contributed by atoms with E-state index in [2.05, 4.69) is 36.1 Å². The lowest BCUT2D eigenvalue weighted by Gasteiger charge is -2.37. The Balaban J connectivity index is 1.56. The normalized spacial score (nSPS) is 17.6. The molecule has 5 heteroatoms. The summed E-state index contributed by atoms with van der Waals surface area (Å²) in [5, 5.41) is 10.1. The maximum absolute atomic E-state index is 12.9. The van der Waals surface area contributed by atoms with Gasteiger partial charge in [-0.15, -0.1) is 0 Å². The van der Waals surface area contributed by atoms with E-state index in [0.29, 0.717) is 22.6 Å². The molecule has 6 rings (SSSR count). The van der Waals surface area contributed by atoms with Crippen molar-refractivity contribution in [1.29, 1.82) is 0 Å². The summed E-state index contributed by atoms with van der Waals surface area (Å²) in [6, 6.07) is 26.5. The van der Waals surface area contributed by atoms with E-state index in [4.69, 9.17) is 9.47 Å². The van der Waals surface area contributed by atoms with Crippen molar-refractivity contribution in [1.82, 2.24) is 0 Å². The number of phenolic OH excluding ortho intramolecular Hbond substituents is 1. The topological polar surface area (TPSA) is 59.0 Å². The minimum atomic E-state index is -1.13. The predicted molar refractivity (Wildman–Crippen MR) is 126 cm³/mol. The lowest BCUT2D eigenvalue weighted by atomic mass is 9.77. The third-order valence-electron chi connectivity index (χ3n) is 6.49. The first-order valence-electron chi connectivity index (χ1n) is 10.8. The van der Waals surface area contributed by atoms with E-state index >= 15 is 0 Å². The van der Waals surface area contributed by atoms with Crippen LogP contribution in [0.15, 0.2) is 84.9 Å². The maximum Gasteiger partial charge on any atom is 0.340 e. The lowest BCUT2D eigenvalue weighted by molar-refractivity contribution is 0.0224. The SMILES string of the molecule is Cc1ccc(N(C)c2ccc3c(c2)Oc2cc(O)ccc2C32OC(=O)c3ccccc32)cc1. The van der Waals surface area contributed by atoms with Crippen molar-refractivity contribution in [2.75, 3.05) is 11.9 Å². The van der Waals surface area contributed by atoms with Crippen LogP contribution in [0.4, 0.5) is 11.4 Å². The lowest BCUT2D eigenvalue weighted by Crippen LogP contribution is -2.33. The number of benzene rings is 4. The van der Waals surface area contributed by atoms with Gasteiger partial charge in [-0.2, -0.15) is 0 Å². The zero-order valence-corrected chi connectivity index (χ0v) is 18.2. The van der Waals surface area contributed by atoms with Crippen molar-refractivity contribution < 1.29 is 19.4 Å². The summed E-state index contributed by atoms with van der Waals surface area (Å²) < 4.78 is 12.4. The standard InChI is InChI=1S/C28H21NO4/c1-17-7-9-18(10-8-17)29(2)19-11-13-23-25(15-19)32-26-16-20(30)12-14-24(26)28(23)22-6-4-3-5-21(22)27(31)33-28/h3-16,30H,1-2H3. The predicted octanol–water partition coefficient (Wildman–Crippen LogP) is 6.04. The zero-order valence-electron chi connectivity index (χ0n) is 18.2. The summed E-state index contributed by atoms with van der Waals surface area (Å²) in [4.78, 5) is 15.0. The van der Waals surface area contributed by atoms with E-state index < -0.39 is 5.60 Å². The van der Waals surface area contributed by atoms with Gasteiger partial charge in [0.1, 0.15) is 17.2 Å². The largest absolute Gasteiger partial charge is 0.508 e. The van der Waals surface area contributed by atoms with E-state index in [0.717, 1.165) is 22.5 Å². The van der Waals surface area contributed by atoms with Crippen molar-refractivity contribution in [2.24, 2.45) is 0 Å². The number of aromatic hydroxyl groups is 1. The van der Waals surface area contributed by atoms with Crippen molar-refractivity contribution in [3.63, 3.8) is 0 Å². The summed E-state index contributed by atoms with van der Waals surface area (Å²) in [7, 11) is 2.00. The highest BCUT2D eigenvalue weighted by Crippen LogP contribution is 2.57. The summed E-state index contributed by atoms with van der Waals surface area (Å²) in [5.74, 6) is 0.743. The van der Waals surface area contributed by atoms with E-state index in [9.17, 15) is 9.90 Å². The second-order valence-corrected chi connectivity index (χ2v) is 8.47. The molecule has 0 amide bonds. The molecule has 5 nitrogen and oxygen atoms in total. The molecule has 1 unspecified atom stereocenters. The molecular formula is C28H21NO4. The average Bonchev–Trinajstić information content (AvgIpc) is 3.12. The van der Waals surface area contributed by atoms with Crippen LogP contribution in [0.25, 0.3) is 0 Å². The Kier molecular flexibility index (Phi) is 4.05. The van der Waals surface area contributed by atoms with E-state index in [-0.39, 0.29) is 11.7 Å². The first-order valence-corrected chi connectivity index (χ1v) is 10.8. The molecule has 4 aromatic carbocycles. The van der Waals surface area contributed by atoms with Crippen LogP contribution in [0.2, 0.25) is 0 Å². The van der Waals surface area contributed by atoms with Crippen molar-refractivity contribution in [2.45, 2.75) is 12.5 Å². The fraction of sp³-hybridized carbons (Fsp3) is 0.107. The van der Waals surface area contributed by atoms with Crippen LogP contribution in [-0.4, -0.2) is 18.1 Å². The van der Waals surface area contributed by atoms with Crippen LogP contribution in [-0.2, 0) is 10.3 Å². The molecule has 162 valence electrons. The van der Waals surface area contributed by atoms with Crippen molar-refractivity contribution in [3.8, 4) is 17.2 Å². The van der Waals surface area contributed by atoms with Gasteiger partial charge < -0.3 is 19.5 Å². The van der Waals surface area contributed by atoms with Crippen LogP contribution >= 0.6 is 0 Å². The monoisotopic (exact) mass is 435 g/mol. The number of rotatable bonds is 2. The molecule has 4 aromatic rings. The molecule has 0 fully saturated rings. The van der Waals surface area contributed by atoms with Gasteiger partial charge in [-0.25, -0.2) is 4.79 Å². The molecule has 2 heterocycles. The highest BCUT2D eigenvalue weighted by atomic mass is 16.6. The average molecular weight is 435 g/mol. The number of phenols is 1. The van der Waals surface area contributed by atoms with Crippen molar-refractivity contribution in [3.05, 3.63) is 113 Å². The Bertz CT molecular complexity index is 1430. The van der Waals surface area contributed by atoms with Crippen LogP contribution in [0.1, 0.15) is 32.6 Å². The van der Waals surface area contributed by atoms with Gasteiger partial charge in [0.15, 0.2) is 5.60 Å². The first-order chi connectivity index (χ1) is 16.0. The molecule has 0 radical (unpaired) electrons. The van der Waals surface area contributed by atoms with Gasteiger partial charge in [0.2, 0.25) is 0 Å². The number of hydrogen-bond acceptors (Lipinski definition) is 5. The number of anilines is 2. The Labute approximate surface area is 191 Å². The van der Waals surface area contributed by atoms with Gasteiger partial charge in [0.05, 0.1) is 5.56 Å². The molecule has 1 spiro atoms. The molecule has 0 aromatic heterocycles. The third-order valence-corrected chi connectivity index (χ3v) is 6.49. The number of aryl methyl sites for hydroxylation is 1. The van der Waals surface area contributed by atoms with E-state index in [1.807, 2.05) is 43.4 Å². The van der Waals surface area contributed by atoms with Gasteiger partial charge in [-0.1, -0.05) is 35.9 Å². The number of ether oxygens (including phenoxy) is 2. The molecule has 2 aliphatic rings. The molecule has 0 saturated carbocycles. The number of nitrogens with zero attached hydrogens (tertiary/aromatic N) is 1. The molecule has 1 N–H and O–H groups in total. The molecular weight excluding hydrogens is 414 g/mol. The first kappa shape index (κ1) is 19.4. The van der Waals surface area contributed by atoms with Crippen LogP contribution < -0.4 is 9.64 Å². The maximum atomic E-state index is 12.9. The number of fused-ring (bicyclic) bond motifs is 6. The second kappa shape index (κ2) is 6.87. The van der Waals surface area contributed by atoms with Gasteiger partial charge in [-0.3, -0.25) is 0 Å². The number of carbonyl (C=O) groups is 1. The summed E-state index contributed by atoms with van der Waals surface area (Å²) in [6.07, 6.45) is 0. The Hall–Kier alpha value is -4.25. The summed E-state index contributed by atoms with van der Waals surface area (Å²) in [5.41, 5.74) is 4.77. The van der Waals surface area contributed by atoms with Gasteiger partial charge >= 0.3 is 5.97 Å². The highest BCUT2D eigenvalue weighted by molar-refractivity contribution is 5.97. The van der Waals surface area contributed by atoms with E-state index in [1.54, 1.807) is 24.3 Å². The van der Waals surface area contributed by atoms with Crippen LogP contribution in [0, 0.1) is 6.92 Å². The quantitative estimate of drug-likeness (QED) is 0.389. The summed E-state index contributed by atoms with van der Waals surface area (Å²) in [6.45, 7) is 2.06. The Morgan fingerprint density at radius 2 is 1.45 bits per heavy atom. The molecule has 33 heavy (non-hydrogen) atoms. The zero-order chi connectivity index (χ0) is 22.7.